The van der Waals surface area contributed by atoms with Crippen LogP contribution in [0.15, 0.2) is 46.4 Å². The third kappa shape index (κ3) is 3.97. The van der Waals surface area contributed by atoms with Crippen LogP contribution in [0.25, 0.3) is 11.3 Å². The Bertz CT molecular complexity index is 873. The van der Waals surface area contributed by atoms with Crippen LogP contribution in [0.3, 0.4) is 0 Å². The van der Waals surface area contributed by atoms with Gasteiger partial charge in [0.25, 0.3) is 5.91 Å². The van der Waals surface area contributed by atoms with Crippen molar-refractivity contribution in [2.45, 2.75) is 32.7 Å². The molecule has 0 aliphatic carbocycles. The summed E-state index contributed by atoms with van der Waals surface area (Å²) >= 11 is 1.39. The lowest BCUT2D eigenvalue weighted by Gasteiger charge is -2.18. The normalized spacial score (nSPS) is 11.5. The van der Waals surface area contributed by atoms with E-state index in [4.69, 9.17) is 10.2 Å². The predicted octanol–water partition coefficient (Wildman–Crippen LogP) is 4.41. The predicted molar refractivity (Wildman–Crippen MR) is 101 cm³/mol. The minimum Gasteiger partial charge on any atom is -0.467 e. The number of benzene rings is 1. The zero-order valence-electron chi connectivity index (χ0n) is 14.5. The van der Waals surface area contributed by atoms with Gasteiger partial charge >= 0.3 is 0 Å². The average Bonchev–Trinajstić information content (AvgIpc) is 3.23. The highest BCUT2D eigenvalue weighted by Crippen LogP contribution is 2.28. The van der Waals surface area contributed by atoms with Crippen molar-refractivity contribution >= 4 is 22.4 Å². The van der Waals surface area contributed by atoms with Gasteiger partial charge in [-0.15, -0.1) is 11.3 Å². The average molecular weight is 355 g/mol. The molecular formula is C19H21N3O2S. The number of nitrogens with zero attached hydrogens (tertiary/aromatic N) is 1. The molecule has 1 aromatic carbocycles. The first-order chi connectivity index (χ1) is 11.9. The maximum Gasteiger partial charge on any atom is 0.260 e. The number of hydrogen-bond donors (Lipinski definition) is 2. The van der Waals surface area contributed by atoms with Gasteiger partial charge in [0, 0.05) is 10.9 Å². The third-order valence-electron chi connectivity index (χ3n) is 3.89. The van der Waals surface area contributed by atoms with E-state index >= 15 is 0 Å². The van der Waals surface area contributed by atoms with Gasteiger partial charge in [0.15, 0.2) is 5.13 Å². The van der Waals surface area contributed by atoms with E-state index in [1.165, 1.54) is 23.2 Å². The summed E-state index contributed by atoms with van der Waals surface area (Å²) in [6.45, 7) is 6.82. The Morgan fingerprint density at radius 3 is 2.60 bits per heavy atom. The Hall–Kier alpha value is -2.44. The number of nitrogens with two attached hydrogens (primary N) is 1. The molecule has 3 N–H and O–H groups in total. The van der Waals surface area contributed by atoms with E-state index in [1.54, 1.807) is 6.07 Å². The van der Waals surface area contributed by atoms with E-state index in [1.807, 2.05) is 5.38 Å². The first-order valence-corrected chi connectivity index (χ1v) is 8.90. The summed E-state index contributed by atoms with van der Waals surface area (Å²) in [4.78, 5) is 16.7. The van der Waals surface area contributed by atoms with E-state index in [9.17, 15) is 4.79 Å². The number of thiazole rings is 1. The molecule has 0 fully saturated rings. The molecule has 25 heavy (non-hydrogen) atoms. The summed E-state index contributed by atoms with van der Waals surface area (Å²) in [5.74, 6) is 0.316. The fraction of sp³-hybridized carbons (Fsp3) is 0.263. The number of carbonyl (C=O) groups excluding carboxylic acids is 1. The van der Waals surface area contributed by atoms with E-state index in [0.29, 0.717) is 16.5 Å². The minimum atomic E-state index is -0.257. The molecule has 2 heterocycles. The van der Waals surface area contributed by atoms with Crippen LogP contribution >= 0.6 is 11.3 Å². The number of nitrogens with one attached hydrogen (secondary N) is 1. The molecule has 2 aromatic heterocycles. The molecule has 0 atom stereocenters. The van der Waals surface area contributed by atoms with Crippen molar-refractivity contribution < 1.29 is 9.21 Å². The van der Waals surface area contributed by atoms with Gasteiger partial charge in [-0.1, -0.05) is 45.0 Å². The number of amides is 1. The lowest BCUT2D eigenvalue weighted by Crippen LogP contribution is -2.11. The van der Waals surface area contributed by atoms with Gasteiger partial charge in [0.05, 0.1) is 17.8 Å². The summed E-state index contributed by atoms with van der Waals surface area (Å²) in [5.41, 5.74) is 9.18. The van der Waals surface area contributed by atoms with Crippen molar-refractivity contribution in [1.82, 2.24) is 4.98 Å². The molecule has 0 radical (unpaired) electrons. The molecule has 0 aliphatic rings. The molecule has 5 nitrogen and oxygen atoms in total. The second kappa shape index (κ2) is 6.82. The van der Waals surface area contributed by atoms with Crippen LogP contribution in [0.4, 0.5) is 5.13 Å². The quantitative estimate of drug-likeness (QED) is 0.726. The van der Waals surface area contributed by atoms with Crippen LogP contribution in [-0.2, 0) is 12.0 Å². The molecule has 6 heteroatoms. The fourth-order valence-electron chi connectivity index (χ4n) is 2.38. The van der Waals surface area contributed by atoms with Crippen LogP contribution in [0.2, 0.25) is 0 Å². The molecule has 130 valence electrons. The van der Waals surface area contributed by atoms with Crippen molar-refractivity contribution in [3.8, 4) is 11.3 Å². The summed E-state index contributed by atoms with van der Waals surface area (Å²) in [5, 5.41) is 5.27. The number of aromatic nitrogens is 1. The summed E-state index contributed by atoms with van der Waals surface area (Å²) in [6.07, 6.45) is 1.40. The van der Waals surface area contributed by atoms with Crippen LogP contribution in [0.1, 0.15) is 42.5 Å². The Labute approximate surface area is 150 Å². The minimum absolute atomic E-state index is 0.118. The number of hydrogen-bond acceptors (Lipinski definition) is 5. The van der Waals surface area contributed by atoms with Gasteiger partial charge in [-0.05, 0) is 17.0 Å². The van der Waals surface area contributed by atoms with Crippen LogP contribution in [-0.4, -0.2) is 10.9 Å². The van der Waals surface area contributed by atoms with Crippen molar-refractivity contribution in [3.05, 3.63) is 58.9 Å². The van der Waals surface area contributed by atoms with E-state index in [2.05, 4.69) is 55.3 Å². The largest absolute Gasteiger partial charge is 0.467 e. The number of anilines is 1. The van der Waals surface area contributed by atoms with Gasteiger partial charge in [-0.2, -0.15) is 0 Å². The van der Waals surface area contributed by atoms with Crippen molar-refractivity contribution in [2.75, 3.05) is 5.32 Å². The van der Waals surface area contributed by atoms with Crippen LogP contribution < -0.4 is 11.1 Å². The molecular weight excluding hydrogens is 334 g/mol. The highest BCUT2D eigenvalue weighted by Gasteiger charge is 2.15. The Morgan fingerprint density at radius 2 is 2.00 bits per heavy atom. The fourth-order valence-corrected chi connectivity index (χ4v) is 3.10. The Kier molecular flexibility index (Phi) is 4.74. The van der Waals surface area contributed by atoms with Gasteiger partial charge in [0.2, 0.25) is 0 Å². The molecule has 0 spiro atoms. The topological polar surface area (TPSA) is 81.2 Å². The molecule has 0 saturated heterocycles. The zero-order valence-corrected chi connectivity index (χ0v) is 15.3. The Morgan fingerprint density at radius 1 is 1.28 bits per heavy atom. The molecule has 3 aromatic rings. The van der Waals surface area contributed by atoms with Gasteiger partial charge in [0.1, 0.15) is 12.0 Å². The number of rotatable bonds is 4. The van der Waals surface area contributed by atoms with Crippen molar-refractivity contribution in [3.63, 3.8) is 0 Å². The lowest BCUT2D eigenvalue weighted by atomic mass is 9.86. The molecule has 3 rings (SSSR count). The summed E-state index contributed by atoms with van der Waals surface area (Å²) in [7, 11) is 0. The monoisotopic (exact) mass is 355 g/mol. The number of furan rings is 1. The molecule has 0 aliphatic heterocycles. The first kappa shape index (κ1) is 17.4. The van der Waals surface area contributed by atoms with Crippen molar-refractivity contribution in [1.29, 1.82) is 0 Å². The van der Waals surface area contributed by atoms with Crippen molar-refractivity contribution in [2.24, 2.45) is 5.73 Å². The smallest absolute Gasteiger partial charge is 0.260 e. The standard InChI is InChI=1S/C19H21N3O2S/c1-19(2,3)14-6-4-12(5-7-14)16-11-25-18(21-16)22-17(23)13-8-15(9-20)24-10-13/h4-8,10-11H,9,20H2,1-3H3,(H,21,22,23). The van der Waals surface area contributed by atoms with Gasteiger partial charge < -0.3 is 10.2 Å². The van der Waals surface area contributed by atoms with Gasteiger partial charge in [-0.3, -0.25) is 10.1 Å². The highest BCUT2D eigenvalue weighted by atomic mass is 32.1. The molecule has 0 unspecified atom stereocenters. The Balaban J connectivity index is 1.73. The first-order valence-electron chi connectivity index (χ1n) is 8.02. The van der Waals surface area contributed by atoms with Crippen LogP contribution in [0.5, 0.6) is 0 Å². The third-order valence-corrected chi connectivity index (χ3v) is 4.65. The molecule has 0 saturated carbocycles. The lowest BCUT2D eigenvalue weighted by molar-refractivity contribution is 0.102. The highest BCUT2D eigenvalue weighted by molar-refractivity contribution is 7.14. The second-order valence-electron chi connectivity index (χ2n) is 6.83. The summed E-state index contributed by atoms with van der Waals surface area (Å²) < 4.78 is 5.18. The SMILES string of the molecule is CC(C)(C)c1ccc(-c2csc(NC(=O)c3coc(CN)c3)n2)cc1. The van der Waals surface area contributed by atoms with E-state index in [0.717, 1.165) is 11.3 Å². The molecule has 0 bridgehead atoms. The molecule has 1 amide bonds. The van der Waals surface area contributed by atoms with Gasteiger partial charge in [-0.25, -0.2) is 4.98 Å². The van der Waals surface area contributed by atoms with E-state index in [-0.39, 0.29) is 17.9 Å². The maximum atomic E-state index is 12.2. The zero-order chi connectivity index (χ0) is 18.0. The van der Waals surface area contributed by atoms with Crippen LogP contribution in [0, 0.1) is 0 Å². The van der Waals surface area contributed by atoms with E-state index < -0.39 is 0 Å². The maximum absolute atomic E-state index is 12.2. The summed E-state index contributed by atoms with van der Waals surface area (Å²) in [6, 6.07) is 9.99. The number of carbonyl (C=O) groups is 1. The second-order valence-corrected chi connectivity index (χ2v) is 7.68.